The summed E-state index contributed by atoms with van der Waals surface area (Å²) in [4.78, 5) is 33.3. The molecular weight excluding hydrogens is 548 g/mol. The van der Waals surface area contributed by atoms with Gasteiger partial charge in [-0.3, -0.25) is 14.5 Å². The normalized spacial score (nSPS) is 17.6. The van der Waals surface area contributed by atoms with Crippen molar-refractivity contribution in [3.8, 4) is 28.7 Å². The van der Waals surface area contributed by atoms with Gasteiger partial charge in [0.1, 0.15) is 24.7 Å². The van der Waals surface area contributed by atoms with Gasteiger partial charge in [0.05, 0.1) is 42.7 Å². The number of thiazole rings is 1. The number of hydrogen-bond donors (Lipinski definition) is 1. The minimum absolute atomic E-state index is 0.0897. The van der Waals surface area contributed by atoms with Crippen LogP contribution in [0, 0.1) is 0 Å². The molecule has 3 heterocycles. The Hall–Kier alpha value is -4.77. The number of hydrogen-bond acceptors (Lipinski definition) is 10. The number of amides is 1. The van der Waals surface area contributed by atoms with Crippen LogP contribution < -0.4 is 28.6 Å². The molecule has 0 bridgehead atoms. The second-order valence-corrected chi connectivity index (χ2v) is 10.2. The van der Waals surface area contributed by atoms with E-state index < -0.39 is 17.7 Å². The fraction of sp³-hybridized carbons (Fsp3) is 0.233. The Labute approximate surface area is 239 Å². The molecule has 4 aromatic rings. The molecule has 41 heavy (non-hydrogen) atoms. The lowest BCUT2D eigenvalue weighted by Gasteiger charge is -2.24. The van der Waals surface area contributed by atoms with Crippen molar-refractivity contribution < 1.29 is 38.4 Å². The van der Waals surface area contributed by atoms with Crippen molar-refractivity contribution in [3.05, 3.63) is 71.3 Å². The van der Waals surface area contributed by atoms with Crippen LogP contribution in [0.1, 0.15) is 24.1 Å². The van der Waals surface area contributed by atoms with Gasteiger partial charge in [-0.05, 0) is 61.0 Å². The third kappa shape index (κ3) is 4.57. The van der Waals surface area contributed by atoms with Crippen LogP contribution in [0.25, 0.3) is 16.0 Å². The number of carbonyl (C=O) groups is 2. The number of ketones is 1. The number of carbonyl (C=O) groups excluding carboxylic acids is 2. The number of benzene rings is 3. The van der Waals surface area contributed by atoms with Gasteiger partial charge in [0.15, 0.2) is 28.1 Å². The predicted molar refractivity (Wildman–Crippen MR) is 153 cm³/mol. The first-order valence-electron chi connectivity index (χ1n) is 12.9. The van der Waals surface area contributed by atoms with E-state index in [1.165, 1.54) is 30.5 Å². The van der Waals surface area contributed by atoms with Crippen molar-refractivity contribution >= 4 is 44.1 Å². The van der Waals surface area contributed by atoms with E-state index in [4.69, 9.17) is 23.7 Å². The number of nitrogens with zero attached hydrogens (tertiary/aromatic N) is 2. The van der Waals surface area contributed by atoms with Crippen LogP contribution in [-0.4, -0.2) is 55.8 Å². The number of aromatic nitrogens is 1. The average Bonchev–Trinajstić information content (AvgIpc) is 3.53. The van der Waals surface area contributed by atoms with Crippen LogP contribution in [0.2, 0.25) is 0 Å². The van der Waals surface area contributed by atoms with E-state index in [9.17, 15) is 14.7 Å². The van der Waals surface area contributed by atoms with Crippen LogP contribution in [0.15, 0.2) is 60.2 Å². The summed E-state index contributed by atoms with van der Waals surface area (Å²) in [6.45, 7) is 3.17. The highest BCUT2D eigenvalue weighted by atomic mass is 32.1. The SMILES string of the molecule is CCOc1ccc2nc(N3C(=O)C(=O)/C(=C(/O)c4ccc5c(c4)OCCO5)C3c3ccc(OC)c(OC)c3)sc2c1. The summed E-state index contributed by atoms with van der Waals surface area (Å²) in [5.41, 5.74) is 1.39. The maximum atomic E-state index is 13.7. The van der Waals surface area contributed by atoms with Crippen molar-refractivity contribution in [2.75, 3.05) is 38.9 Å². The monoisotopic (exact) mass is 574 g/mol. The molecule has 210 valence electrons. The molecule has 1 amide bonds. The Balaban J connectivity index is 1.53. The summed E-state index contributed by atoms with van der Waals surface area (Å²) < 4.78 is 28.6. The van der Waals surface area contributed by atoms with Gasteiger partial charge in [-0.2, -0.15) is 0 Å². The maximum absolute atomic E-state index is 13.7. The summed E-state index contributed by atoms with van der Waals surface area (Å²) in [6, 6.07) is 14.4. The van der Waals surface area contributed by atoms with Crippen LogP contribution in [0.5, 0.6) is 28.7 Å². The first kappa shape index (κ1) is 26.5. The standard InChI is InChI=1S/C30H26N2O8S/c1-4-38-18-7-8-19-24(15-18)41-30(31-19)32-26(16-5-9-20(36-2)22(13-16)37-3)25(28(34)29(32)35)27(33)17-6-10-21-23(14-17)40-12-11-39-21/h5-10,13-15,26,33H,4,11-12H2,1-3H3/b27-25+. The van der Waals surface area contributed by atoms with Gasteiger partial charge in [0.2, 0.25) is 0 Å². The van der Waals surface area contributed by atoms with E-state index in [-0.39, 0.29) is 11.3 Å². The van der Waals surface area contributed by atoms with Gasteiger partial charge in [-0.25, -0.2) is 4.98 Å². The number of anilines is 1. The minimum atomic E-state index is -1.00. The maximum Gasteiger partial charge on any atom is 0.301 e. The summed E-state index contributed by atoms with van der Waals surface area (Å²) in [5, 5.41) is 11.9. The molecule has 11 heteroatoms. The number of aliphatic hydroxyl groups is 1. The number of rotatable bonds is 7. The fourth-order valence-electron chi connectivity index (χ4n) is 4.97. The van der Waals surface area contributed by atoms with Crippen LogP contribution in [-0.2, 0) is 9.59 Å². The number of fused-ring (bicyclic) bond motifs is 2. The molecule has 6 rings (SSSR count). The molecular formula is C30H26N2O8S. The highest BCUT2D eigenvalue weighted by Gasteiger charge is 2.48. The molecule has 1 atom stereocenters. The summed E-state index contributed by atoms with van der Waals surface area (Å²) in [5.74, 6) is 0.525. The molecule has 3 aromatic carbocycles. The third-order valence-corrected chi connectivity index (χ3v) is 7.87. The Morgan fingerprint density at radius 3 is 2.54 bits per heavy atom. The zero-order valence-corrected chi connectivity index (χ0v) is 23.3. The molecule has 0 radical (unpaired) electrons. The Morgan fingerprint density at radius 2 is 1.78 bits per heavy atom. The van der Waals surface area contributed by atoms with E-state index in [1.807, 2.05) is 13.0 Å². The molecule has 1 N–H and O–H groups in total. The highest BCUT2D eigenvalue weighted by Crippen LogP contribution is 2.46. The first-order valence-corrected chi connectivity index (χ1v) is 13.7. The number of methoxy groups -OCH3 is 2. The van der Waals surface area contributed by atoms with Crippen molar-refractivity contribution in [2.45, 2.75) is 13.0 Å². The van der Waals surface area contributed by atoms with Crippen LogP contribution in [0.4, 0.5) is 5.13 Å². The predicted octanol–water partition coefficient (Wildman–Crippen LogP) is 5.11. The van der Waals surface area contributed by atoms with Gasteiger partial charge in [-0.1, -0.05) is 17.4 Å². The van der Waals surface area contributed by atoms with Crippen molar-refractivity contribution in [1.29, 1.82) is 0 Å². The molecule has 2 aliphatic heterocycles. The smallest absolute Gasteiger partial charge is 0.301 e. The number of aliphatic hydroxyl groups excluding tert-OH is 1. The lowest BCUT2D eigenvalue weighted by Crippen LogP contribution is -2.29. The Kier molecular flexibility index (Phi) is 6.88. The van der Waals surface area contributed by atoms with Crippen molar-refractivity contribution in [3.63, 3.8) is 0 Å². The molecule has 0 aliphatic carbocycles. The van der Waals surface area contributed by atoms with Gasteiger partial charge in [0, 0.05) is 5.56 Å². The second-order valence-electron chi connectivity index (χ2n) is 9.20. The van der Waals surface area contributed by atoms with Gasteiger partial charge < -0.3 is 28.8 Å². The lowest BCUT2D eigenvalue weighted by molar-refractivity contribution is -0.132. The fourth-order valence-corrected chi connectivity index (χ4v) is 5.99. The van der Waals surface area contributed by atoms with Gasteiger partial charge in [0.25, 0.3) is 5.78 Å². The topological polar surface area (TPSA) is 117 Å². The lowest BCUT2D eigenvalue weighted by atomic mass is 9.95. The Bertz CT molecular complexity index is 1710. The summed E-state index contributed by atoms with van der Waals surface area (Å²) >= 11 is 1.25. The molecule has 1 fully saturated rings. The zero-order chi connectivity index (χ0) is 28.7. The van der Waals surface area contributed by atoms with E-state index in [1.54, 1.807) is 48.5 Å². The van der Waals surface area contributed by atoms with Gasteiger partial charge in [-0.15, -0.1) is 0 Å². The quantitative estimate of drug-likeness (QED) is 0.183. The molecule has 0 saturated carbocycles. The van der Waals surface area contributed by atoms with Crippen molar-refractivity contribution in [1.82, 2.24) is 4.98 Å². The zero-order valence-electron chi connectivity index (χ0n) is 22.5. The molecule has 1 saturated heterocycles. The molecule has 1 aromatic heterocycles. The van der Waals surface area contributed by atoms with E-state index in [0.717, 1.165) is 4.70 Å². The summed E-state index contributed by atoms with van der Waals surface area (Å²) in [6.07, 6.45) is 0. The average molecular weight is 575 g/mol. The summed E-state index contributed by atoms with van der Waals surface area (Å²) in [7, 11) is 3.01. The highest BCUT2D eigenvalue weighted by molar-refractivity contribution is 7.22. The largest absolute Gasteiger partial charge is 0.507 e. The molecule has 10 nitrogen and oxygen atoms in total. The van der Waals surface area contributed by atoms with Crippen molar-refractivity contribution in [2.24, 2.45) is 0 Å². The Morgan fingerprint density at radius 1 is 1.00 bits per heavy atom. The third-order valence-electron chi connectivity index (χ3n) is 6.85. The van der Waals surface area contributed by atoms with Crippen LogP contribution in [0.3, 0.4) is 0 Å². The number of ether oxygens (including phenoxy) is 5. The molecule has 1 unspecified atom stereocenters. The van der Waals surface area contributed by atoms with Crippen LogP contribution >= 0.6 is 11.3 Å². The minimum Gasteiger partial charge on any atom is -0.507 e. The second kappa shape index (κ2) is 10.7. The van der Waals surface area contributed by atoms with E-state index in [2.05, 4.69) is 4.98 Å². The first-order chi connectivity index (χ1) is 19.9. The molecule has 0 spiro atoms. The van der Waals surface area contributed by atoms with Gasteiger partial charge >= 0.3 is 5.91 Å². The molecule has 2 aliphatic rings. The van der Waals surface area contributed by atoms with E-state index >= 15 is 0 Å². The number of Topliss-reactive ketones (excluding diaryl/α,β-unsaturated/α-hetero) is 1. The van der Waals surface area contributed by atoms with E-state index in [0.29, 0.717) is 70.3 Å².